The van der Waals surface area contributed by atoms with Crippen molar-refractivity contribution in [1.29, 1.82) is 0 Å². The molecule has 1 saturated carbocycles. The first kappa shape index (κ1) is 6.85. The third-order valence-corrected chi connectivity index (χ3v) is 2.35. The van der Waals surface area contributed by atoms with E-state index in [0.29, 0.717) is 5.89 Å². The molecule has 3 heteroatoms. The van der Waals surface area contributed by atoms with Crippen LogP contribution in [0.4, 0.5) is 0 Å². The van der Waals surface area contributed by atoms with Crippen LogP contribution in [0.25, 0.3) is 0 Å². The molecule has 0 atom stereocenters. The van der Waals surface area contributed by atoms with Crippen molar-refractivity contribution < 1.29 is 4.42 Å². The average molecular weight is 152 g/mol. The molecule has 0 saturated heterocycles. The van der Waals surface area contributed by atoms with E-state index >= 15 is 0 Å². The summed E-state index contributed by atoms with van der Waals surface area (Å²) in [7, 11) is 0. The Morgan fingerprint density at radius 3 is 2.73 bits per heavy atom. The van der Waals surface area contributed by atoms with Gasteiger partial charge in [0, 0.05) is 0 Å². The van der Waals surface area contributed by atoms with E-state index in [1.807, 2.05) is 0 Å². The van der Waals surface area contributed by atoms with Gasteiger partial charge in [-0.1, -0.05) is 12.8 Å². The molecule has 1 aromatic rings. The van der Waals surface area contributed by atoms with Crippen LogP contribution in [0.2, 0.25) is 0 Å². The van der Waals surface area contributed by atoms with E-state index in [2.05, 4.69) is 4.98 Å². The fourth-order valence-corrected chi connectivity index (χ4v) is 1.69. The monoisotopic (exact) mass is 152 g/mol. The Kier molecular flexibility index (Phi) is 1.46. The van der Waals surface area contributed by atoms with Crippen LogP contribution >= 0.6 is 0 Å². The molecule has 0 radical (unpaired) electrons. The van der Waals surface area contributed by atoms with Crippen LogP contribution in [0.15, 0.2) is 16.9 Å². The van der Waals surface area contributed by atoms with Gasteiger partial charge in [0.25, 0.3) is 0 Å². The van der Waals surface area contributed by atoms with Crippen molar-refractivity contribution in [2.24, 2.45) is 5.73 Å². The number of rotatable bonds is 1. The van der Waals surface area contributed by atoms with Gasteiger partial charge in [-0.2, -0.15) is 0 Å². The van der Waals surface area contributed by atoms with E-state index in [1.54, 1.807) is 12.5 Å². The van der Waals surface area contributed by atoms with Gasteiger partial charge in [0.1, 0.15) is 6.26 Å². The first-order valence-electron chi connectivity index (χ1n) is 4.00. The van der Waals surface area contributed by atoms with Crippen LogP contribution in [0.1, 0.15) is 31.6 Å². The van der Waals surface area contributed by atoms with Gasteiger partial charge in [0.2, 0.25) is 5.89 Å². The lowest BCUT2D eigenvalue weighted by molar-refractivity contribution is 0.335. The number of nitrogens with two attached hydrogens (primary N) is 1. The minimum Gasteiger partial charge on any atom is -0.447 e. The Labute approximate surface area is 65.6 Å². The molecule has 0 aliphatic heterocycles. The van der Waals surface area contributed by atoms with Crippen molar-refractivity contribution in [3.8, 4) is 0 Å². The van der Waals surface area contributed by atoms with Gasteiger partial charge in [-0.3, -0.25) is 0 Å². The molecule has 1 heterocycles. The zero-order valence-corrected chi connectivity index (χ0v) is 6.42. The molecule has 0 spiro atoms. The summed E-state index contributed by atoms with van der Waals surface area (Å²) in [5, 5.41) is 0. The molecular formula is C8H12N2O. The van der Waals surface area contributed by atoms with Gasteiger partial charge in [0.15, 0.2) is 0 Å². The lowest BCUT2D eigenvalue weighted by atomic mass is 10.00. The molecule has 2 N–H and O–H groups in total. The van der Waals surface area contributed by atoms with Crippen LogP contribution < -0.4 is 5.73 Å². The maximum absolute atomic E-state index is 6.07. The fourth-order valence-electron chi connectivity index (χ4n) is 1.69. The minimum atomic E-state index is -0.260. The van der Waals surface area contributed by atoms with Crippen molar-refractivity contribution in [3.63, 3.8) is 0 Å². The van der Waals surface area contributed by atoms with Crippen LogP contribution in [0, 0.1) is 0 Å². The van der Waals surface area contributed by atoms with Gasteiger partial charge < -0.3 is 10.2 Å². The summed E-state index contributed by atoms with van der Waals surface area (Å²) in [5.41, 5.74) is 5.81. The molecule has 60 valence electrons. The molecule has 0 unspecified atom stereocenters. The molecule has 1 aromatic heterocycles. The molecular weight excluding hydrogens is 140 g/mol. The van der Waals surface area contributed by atoms with Crippen molar-refractivity contribution >= 4 is 0 Å². The van der Waals surface area contributed by atoms with Crippen molar-refractivity contribution in [3.05, 3.63) is 18.4 Å². The second kappa shape index (κ2) is 2.34. The van der Waals surface area contributed by atoms with Crippen LogP contribution in [-0.4, -0.2) is 4.98 Å². The number of hydrogen-bond donors (Lipinski definition) is 1. The predicted octanol–water partition coefficient (Wildman–Crippen LogP) is 1.40. The minimum absolute atomic E-state index is 0.260. The van der Waals surface area contributed by atoms with Gasteiger partial charge >= 0.3 is 0 Å². The number of nitrogens with zero attached hydrogens (tertiary/aromatic N) is 1. The Balaban J connectivity index is 2.27. The SMILES string of the molecule is NC1(c2ncco2)CCCC1. The maximum Gasteiger partial charge on any atom is 0.214 e. The molecule has 2 rings (SSSR count). The molecule has 0 amide bonds. The summed E-state index contributed by atoms with van der Waals surface area (Å²) in [6, 6.07) is 0. The number of oxazole rings is 1. The number of hydrogen-bond acceptors (Lipinski definition) is 3. The van der Waals surface area contributed by atoms with Crippen LogP contribution in [0.3, 0.4) is 0 Å². The highest BCUT2D eigenvalue weighted by molar-refractivity contribution is 5.03. The summed E-state index contributed by atoms with van der Waals surface area (Å²) in [4.78, 5) is 4.08. The highest BCUT2D eigenvalue weighted by Gasteiger charge is 2.35. The standard InChI is InChI=1S/C8H12N2O/c9-8(3-1-2-4-8)7-10-5-6-11-7/h5-6H,1-4,9H2. The zero-order valence-electron chi connectivity index (χ0n) is 6.42. The molecule has 3 nitrogen and oxygen atoms in total. The average Bonchev–Trinajstić information content (AvgIpc) is 2.55. The summed E-state index contributed by atoms with van der Waals surface area (Å²) < 4.78 is 5.18. The first-order chi connectivity index (χ1) is 5.31. The Morgan fingerprint density at radius 1 is 1.45 bits per heavy atom. The van der Waals surface area contributed by atoms with E-state index in [4.69, 9.17) is 10.2 Å². The van der Waals surface area contributed by atoms with E-state index < -0.39 is 0 Å². The summed E-state index contributed by atoms with van der Waals surface area (Å²) in [5.74, 6) is 0.704. The Hall–Kier alpha value is -0.830. The normalized spacial score (nSPS) is 22.3. The van der Waals surface area contributed by atoms with Crippen molar-refractivity contribution in [2.45, 2.75) is 31.2 Å². The molecule has 1 aliphatic carbocycles. The summed E-state index contributed by atoms with van der Waals surface area (Å²) >= 11 is 0. The maximum atomic E-state index is 6.07. The van der Waals surface area contributed by atoms with Gasteiger partial charge in [-0.15, -0.1) is 0 Å². The number of aromatic nitrogens is 1. The van der Waals surface area contributed by atoms with Crippen molar-refractivity contribution in [2.75, 3.05) is 0 Å². The largest absolute Gasteiger partial charge is 0.447 e. The highest BCUT2D eigenvalue weighted by Crippen LogP contribution is 2.34. The topological polar surface area (TPSA) is 52.0 Å². The summed E-state index contributed by atoms with van der Waals surface area (Å²) in [6.07, 6.45) is 7.64. The summed E-state index contributed by atoms with van der Waals surface area (Å²) in [6.45, 7) is 0. The lowest BCUT2D eigenvalue weighted by Crippen LogP contribution is -2.33. The van der Waals surface area contributed by atoms with Gasteiger partial charge in [-0.05, 0) is 12.8 Å². The quantitative estimate of drug-likeness (QED) is 0.661. The molecule has 0 aromatic carbocycles. The van der Waals surface area contributed by atoms with Crippen LogP contribution in [-0.2, 0) is 5.54 Å². The highest BCUT2D eigenvalue weighted by atomic mass is 16.3. The van der Waals surface area contributed by atoms with E-state index in [0.717, 1.165) is 12.8 Å². The van der Waals surface area contributed by atoms with E-state index in [1.165, 1.54) is 12.8 Å². The Morgan fingerprint density at radius 2 is 2.18 bits per heavy atom. The second-order valence-electron chi connectivity index (χ2n) is 3.20. The van der Waals surface area contributed by atoms with E-state index in [9.17, 15) is 0 Å². The molecule has 0 bridgehead atoms. The molecule has 1 fully saturated rings. The smallest absolute Gasteiger partial charge is 0.214 e. The Bertz CT molecular complexity index is 224. The molecule has 1 aliphatic rings. The van der Waals surface area contributed by atoms with E-state index in [-0.39, 0.29) is 5.54 Å². The zero-order chi connectivity index (χ0) is 7.73. The predicted molar refractivity (Wildman–Crippen MR) is 40.8 cm³/mol. The third-order valence-electron chi connectivity index (χ3n) is 2.35. The first-order valence-corrected chi connectivity index (χ1v) is 4.00. The lowest BCUT2D eigenvalue weighted by Gasteiger charge is -2.18. The van der Waals surface area contributed by atoms with Crippen molar-refractivity contribution in [1.82, 2.24) is 4.98 Å². The van der Waals surface area contributed by atoms with Crippen LogP contribution in [0.5, 0.6) is 0 Å². The van der Waals surface area contributed by atoms with Gasteiger partial charge in [0.05, 0.1) is 11.7 Å². The molecule has 11 heavy (non-hydrogen) atoms. The third kappa shape index (κ3) is 1.05. The second-order valence-corrected chi connectivity index (χ2v) is 3.20. The van der Waals surface area contributed by atoms with Gasteiger partial charge in [-0.25, -0.2) is 4.98 Å². The fraction of sp³-hybridized carbons (Fsp3) is 0.625.